The highest BCUT2D eigenvalue weighted by Crippen LogP contribution is 2.55. The van der Waals surface area contributed by atoms with Crippen LogP contribution >= 0.6 is 0 Å². The van der Waals surface area contributed by atoms with E-state index in [4.69, 9.17) is 9.47 Å². The molecule has 3 aromatic carbocycles. The molecule has 4 aliphatic rings. The molecule has 3 aromatic rings. The largest absolute Gasteiger partial charge is 0.457 e. The number of fused-ring (bicyclic) bond motifs is 1. The van der Waals surface area contributed by atoms with Gasteiger partial charge in [0.1, 0.15) is 23.1 Å². The van der Waals surface area contributed by atoms with Gasteiger partial charge in [-0.15, -0.1) is 0 Å². The van der Waals surface area contributed by atoms with Gasteiger partial charge in [0.25, 0.3) is 0 Å². The molecule has 7 rings (SSSR count). The molecule has 1 aliphatic carbocycles. The summed E-state index contributed by atoms with van der Waals surface area (Å²) >= 11 is 0. The predicted octanol–water partition coefficient (Wildman–Crippen LogP) is 5.15. The smallest absolute Gasteiger partial charge is 0.246 e. The van der Waals surface area contributed by atoms with Gasteiger partial charge in [-0.05, 0) is 61.9 Å². The fourth-order valence-corrected chi connectivity index (χ4v) is 7.74. The molecular formula is C38H42N4O5. The van der Waals surface area contributed by atoms with Crippen molar-refractivity contribution in [2.24, 2.45) is 11.8 Å². The third-order valence-corrected chi connectivity index (χ3v) is 10.00. The van der Waals surface area contributed by atoms with Crippen LogP contribution in [0.2, 0.25) is 0 Å². The van der Waals surface area contributed by atoms with Crippen LogP contribution in [0.5, 0.6) is 11.5 Å². The fraction of sp³-hybridized carbons (Fsp3) is 0.395. The SMILES string of the molecule is CN(CCN1C(=O)C2C(C(=O)Nc3ccc(Oc4ccccc4)cc3)C3C=CC2(O3)C1C(=O)NC1CCCCC1)Cc1ccccc1. The van der Waals surface area contributed by atoms with E-state index in [2.05, 4.69) is 27.7 Å². The summed E-state index contributed by atoms with van der Waals surface area (Å²) in [7, 11) is 2.01. The second kappa shape index (κ2) is 13.3. The summed E-state index contributed by atoms with van der Waals surface area (Å²) in [4.78, 5) is 46.2. The van der Waals surface area contributed by atoms with Crippen molar-refractivity contribution in [3.63, 3.8) is 0 Å². The number of carbonyl (C=O) groups is 3. The summed E-state index contributed by atoms with van der Waals surface area (Å²) in [5.41, 5.74) is 0.576. The maximum Gasteiger partial charge on any atom is 0.246 e. The second-order valence-electron chi connectivity index (χ2n) is 13.2. The number of likely N-dealkylation sites (N-methyl/N-ethyl adjacent to an activating group) is 1. The molecule has 3 aliphatic heterocycles. The van der Waals surface area contributed by atoms with Gasteiger partial charge in [-0.2, -0.15) is 0 Å². The number of amides is 3. The van der Waals surface area contributed by atoms with Crippen molar-refractivity contribution < 1.29 is 23.9 Å². The van der Waals surface area contributed by atoms with Crippen LogP contribution in [-0.2, 0) is 25.7 Å². The Hall–Kier alpha value is -4.47. The van der Waals surface area contributed by atoms with Crippen LogP contribution in [0.1, 0.15) is 37.7 Å². The van der Waals surface area contributed by atoms with Crippen molar-refractivity contribution in [2.45, 2.75) is 62.4 Å². The van der Waals surface area contributed by atoms with Gasteiger partial charge < -0.3 is 29.9 Å². The molecule has 3 amide bonds. The fourth-order valence-electron chi connectivity index (χ4n) is 7.74. The predicted molar refractivity (Wildman–Crippen MR) is 179 cm³/mol. The first-order chi connectivity index (χ1) is 22.9. The van der Waals surface area contributed by atoms with E-state index < -0.39 is 29.6 Å². The molecule has 244 valence electrons. The van der Waals surface area contributed by atoms with Gasteiger partial charge in [0, 0.05) is 31.4 Å². The number of nitrogens with one attached hydrogen (secondary N) is 2. The van der Waals surface area contributed by atoms with Crippen molar-refractivity contribution in [1.29, 1.82) is 0 Å². The Morgan fingerprint density at radius 3 is 2.32 bits per heavy atom. The van der Waals surface area contributed by atoms with Gasteiger partial charge in [0.2, 0.25) is 17.7 Å². The van der Waals surface area contributed by atoms with E-state index in [1.807, 2.05) is 67.7 Å². The zero-order valence-corrected chi connectivity index (χ0v) is 26.7. The van der Waals surface area contributed by atoms with E-state index in [1.54, 1.807) is 29.2 Å². The summed E-state index contributed by atoms with van der Waals surface area (Å²) in [6, 6.07) is 26.0. The third kappa shape index (κ3) is 6.30. The van der Waals surface area contributed by atoms with E-state index in [9.17, 15) is 14.4 Å². The lowest BCUT2D eigenvalue weighted by molar-refractivity contribution is -0.141. The van der Waals surface area contributed by atoms with Crippen LogP contribution < -0.4 is 15.4 Å². The van der Waals surface area contributed by atoms with Gasteiger partial charge in [-0.25, -0.2) is 0 Å². The molecule has 2 N–H and O–H groups in total. The summed E-state index contributed by atoms with van der Waals surface area (Å²) in [5.74, 6) is -0.891. The van der Waals surface area contributed by atoms with Crippen LogP contribution in [-0.4, -0.2) is 71.4 Å². The molecule has 0 radical (unpaired) electrons. The Morgan fingerprint density at radius 2 is 1.60 bits per heavy atom. The standard InChI is InChI=1S/C38H42N4O5/c1-41(25-26-11-5-2-6-12-26)23-24-42-34(36(44)40-27-13-7-3-8-14-27)38-22-21-31(47-38)32(33(38)37(42)45)35(43)39-28-17-19-30(20-18-28)46-29-15-9-4-10-16-29/h2,4-6,9-12,15-22,27,31-34H,3,7-8,13-14,23-25H2,1H3,(H,39,43)(H,40,44). The average Bonchev–Trinajstić information content (AvgIpc) is 3.73. The first-order valence-electron chi connectivity index (χ1n) is 16.8. The van der Waals surface area contributed by atoms with Gasteiger partial charge in [0.15, 0.2) is 0 Å². The minimum absolute atomic E-state index is 0.0833. The Kier molecular flexibility index (Phi) is 8.84. The number of hydrogen-bond donors (Lipinski definition) is 2. The molecule has 47 heavy (non-hydrogen) atoms. The highest BCUT2D eigenvalue weighted by Gasteiger charge is 2.72. The Bertz CT molecular complexity index is 1610. The minimum atomic E-state index is -1.19. The molecule has 3 heterocycles. The lowest BCUT2D eigenvalue weighted by Gasteiger charge is -2.34. The topological polar surface area (TPSA) is 100 Å². The Balaban J connectivity index is 1.09. The van der Waals surface area contributed by atoms with Gasteiger partial charge in [-0.1, -0.05) is 79.9 Å². The molecular weight excluding hydrogens is 592 g/mol. The zero-order valence-electron chi connectivity index (χ0n) is 26.7. The van der Waals surface area contributed by atoms with Crippen molar-refractivity contribution in [3.05, 3.63) is 103 Å². The highest BCUT2D eigenvalue weighted by molar-refractivity contribution is 6.02. The third-order valence-electron chi connectivity index (χ3n) is 10.00. The number of para-hydroxylation sites is 1. The van der Waals surface area contributed by atoms with Gasteiger partial charge in [-0.3, -0.25) is 14.4 Å². The van der Waals surface area contributed by atoms with Crippen molar-refractivity contribution in [2.75, 3.05) is 25.5 Å². The lowest BCUT2D eigenvalue weighted by Crippen LogP contribution is -2.57. The lowest BCUT2D eigenvalue weighted by atomic mass is 9.74. The first kappa shape index (κ1) is 31.1. The molecule has 5 atom stereocenters. The van der Waals surface area contributed by atoms with E-state index in [0.717, 1.165) is 38.0 Å². The normalized spacial score (nSPS) is 26.4. The van der Waals surface area contributed by atoms with Crippen molar-refractivity contribution in [1.82, 2.24) is 15.1 Å². The first-order valence-corrected chi connectivity index (χ1v) is 16.8. The highest BCUT2D eigenvalue weighted by atomic mass is 16.5. The van der Waals surface area contributed by atoms with Crippen molar-refractivity contribution in [3.8, 4) is 11.5 Å². The van der Waals surface area contributed by atoms with E-state index in [0.29, 0.717) is 24.5 Å². The number of likely N-dealkylation sites (tertiary alicyclic amines) is 1. The van der Waals surface area contributed by atoms with Crippen LogP contribution in [0, 0.1) is 11.8 Å². The molecule has 1 saturated carbocycles. The molecule has 9 nitrogen and oxygen atoms in total. The molecule has 2 saturated heterocycles. The number of benzene rings is 3. The minimum Gasteiger partial charge on any atom is -0.457 e. The monoisotopic (exact) mass is 634 g/mol. The average molecular weight is 635 g/mol. The van der Waals surface area contributed by atoms with Crippen LogP contribution in [0.25, 0.3) is 0 Å². The Morgan fingerprint density at radius 1 is 0.915 bits per heavy atom. The molecule has 5 unspecified atom stereocenters. The molecule has 9 heteroatoms. The van der Waals surface area contributed by atoms with E-state index >= 15 is 0 Å². The van der Waals surface area contributed by atoms with Crippen molar-refractivity contribution >= 4 is 23.4 Å². The van der Waals surface area contributed by atoms with Crippen LogP contribution in [0.4, 0.5) is 5.69 Å². The molecule has 2 bridgehead atoms. The van der Waals surface area contributed by atoms with Crippen LogP contribution in [0.15, 0.2) is 97.1 Å². The van der Waals surface area contributed by atoms with Gasteiger partial charge in [0.05, 0.1) is 17.9 Å². The number of nitrogens with zero attached hydrogens (tertiary/aromatic N) is 2. The summed E-state index contributed by atoms with van der Waals surface area (Å²) in [5, 5.41) is 6.27. The number of ether oxygens (including phenoxy) is 2. The summed E-state index contributed by atoms with van der Waals surface area (Å²) < 4.78 is 12.4. The molecule has 1 spiro atoms. The number of anilines is 1. The maximum atomic E-state index is 14.4. The number of hydrogen-bond acceptors (Lipinski definition) is 6. The van der Waals surface area contributed by atoms with E-state index in [1.165, 1.54) is 12.0 Å². The van der Waals surface area contributed by atoms with Gasteiger partial charge >= 0.3 is 0 Å². The van der Waals surface area contributed by atoms with E-state index in [-0.39, 0.29) is 23.8 Å². The summed E-state index contributed by atoms with van der Waals surface area (Å²) in [6.45, 7) is 1.63. The number of carbonyl (C=O) groups excluding carboxylic acids is 3. The zero-order chi connectivity index (χ0) is 32.4. The molecule has 0 aromatic heterocycles. The molecule has 3 fully saturated rings. The summed E-state index contributed by atoms with van der Waals surface area (Å²) in [6.07, 6.45) is 8.34. The Labute approximate surface area is 275 Å². The number of rotatable bonds is 11. The van der Waals surface area contributed by atoms with Crippen LogP contribution in [0.3, 0.4) is 0 Å². The second-order valence-corrected chi connectivity index (χ2v) is 13.2. The maximum absolute atomic E-state index is 14.4. The quantitative estimate of drug-likeness (QED) is 0.283.